The van der Waals surface area contributed by atoms with Crippen LogP contribution in [0.1, 0.15) is 26.7 Å². The van der Waals surface area contributed by atoms with Crippen molar-refractivity contribution in [1.82, 2.24) is 15.5 Å². The molecule has 7 heteroatoms. The van der Waals surface area contributed by atoms with Gasteiger partial charge in [0.1, 0.15) is 0 Å². The predicted octanol–water partition coefficient (Wildman–Crippen LogP) is 1.41. The third-order valence-corrected chi connectivity index (χ3v) is 2.93. The molecule has 19 heavy (non-hydrogen) atoms. The minimum Gasteiger partial charge on any atom is -0.450 e. The van der Waals surface area contributed by atoms with Crippen LogP contribution in [0, 0.1) is 0 Å². The van der Waals surface area contributed by atoms with Crippen LogP contribution in [-0.2, 0) is 4.74 Å². The Balaban J connectivity index is 0.00000324. The van der Waals surface area contributed by atoms with E-state index in [0.717, 1.165) is 38.4 Å². The maximum absolute atomic E-state index is 11.5. The Labute approximate surface area is 132 Å². The van der Waals surface area contributed by atoms with Crippen molar-refractivity contribution in [3.8, 4) is 0 Å². The number of piperidine rings is 1. The molecule has 0 radical (unpaired) electrons. The highest BCUT2D eigenvalue weighted by Gasteiger charge is 2.23. The van der Waals surface area contributed by atoms with E-state index in [-0.39, 0.29) is 30.1 Å². The van der Waals surface area contributed by atoms with Crippen molar-refractivity contribution in [2.45, 2.75) is 32.7 Å². The van der Waals surface area contributed by atoms with Crippen LogP contribution < -0.4 is 10.6 Å². The van der Waals surface area contributed by atoms with Gasteiger partial charge < -0.3 is 20.3 Å². The molecule has 0 aliphatic carbocycles. The second kappa shape index (κ2) is 10.1. The lowest BCUT2D eigenvalue weighted by atomic mass is 10.1. The topological polar surface area (TPSA) is 66.0 Å². The number of rotatable bonds is 3. The van der Waals surface area contributed by atoms with Crippen LogP contribution in [0.15, 0.2) is 4.99 Å². The van der Waals surface area contributed by atoms with E-state index in [4.69, 9.17) is 4.74 Å². The Morgan fingerprint density at radius 2 is 2.00 bits per heavy atom. The van der Waals surface area contributed by atoms with E-state index in [0.29, 0.717) is 12.6 Å². The Morgan fingerprint density at radius 1 is 1.37 bits per heavy atom. The van der Waals surface area contributed by atoms with Gasteiger partial charge in [0, 0.05) is 32.7 Å². The molecule has 1 aliphatic rings. The monoisotopic (exact) mass is 384 g/mol. The zero-order chi connectivity index (χ0) is 13.4. The first-order valence-electron chi connectivity index (χ1n) is 6.60. The van der Waals surface area contributed by atoms with Gasteiger partial charge in [0.15, 0.2) is 5.96 Å². The van der Waals surface area contributed by atoms with Crippen molar-refractivity contribution in [2.75, 3.05) is 33.3 Å². The summed E-state index contributed by atoms with van der Waals surface area (Å²) in [6, 6.07) is 0.369. The number of ether oxygens (including phenoxy) is 1. The molecule has 1 rings (SSSR count). The first-order valence-corrected chi connectivity index (χ1v) is 6.60. The molecule has 6 nitrogen and oxygen atoms in total. The van der Waals surface area contributed by atoms with Crippen molar-refractivity contribution in [3.63, 3.8) is 0 Å². The van der Waals surface area contributed by atoms with Gasteiger partial charge in [-0.25, -0.2) is 4.79 Å². The summed E-state index contributed by atoms with van der Waals surface area (Å²) in [6.07, 6.45) is 1.64. The van der Waals surface area contributed by atoms with E-state index in [1.807, 2.05) is 13.8 Å². The van der Waals surface area contributed by atoms with Gasteiger partial charge in [-0.2, -0.15) is 0 Å². The lowest BCUT2D eigenvalue weighted by Crippen LogP contribution is -2.49. The summed E-state index contributed by atoms with van der Waals surface area (Å²) in [7, 11) is 1.76. The van der Waals surface area contributed by atoms with Crippen molar-refractivity contribution in [1.29, 1.82) is 0 Å². The first-order chi connectivity index (χ1) is 8.71. The van der Waals surface area contributed by atoms with Gasteiger partial charge in [0.25, 0.3) is 0 Å². The fourth-order valence-electron chi connectivity index (χ4n) is 1.98. The Kier molecular flexibility index (Phi) is 9.72. The van der Waals surface area contributed by atoms with E-state index >= 15 is 0 Å². The van der Waals surface area contributed by atoms with Crippen LogP contribution in [0.25, 0.3) is 0 Å². The number of amides is 1. The first kappa shape index (κ1) is 18.3. The third kappa shape index (κ3) is 6.31. The highest BCUT2D eigenvalue weighted by molar-refractivity contribution is 14.0. The van der Waals surface area contributed by atoms with Crippen molar-refractivity contribution in [2.24, 2.45) is 4.99 Å². The molecule has 1 aliphatic heterocycles. The number of nitrogens with zero attached hydrogens (tertiary/aromatic N) is 2. The lowest BCUT2D eigenvalue weighted by molar-refractivity contribution is 0.0963. The fraction of sp³-hybridized carbons (Fsp3) is 0.833. The van der Waals surface area contributed by atoms with E-state index in [2.05, 4.69) is 15.6 Å². The number of nitrogens with one attached hydrogen (secondary N) is 2. The zero-order valence-corrected chi connectivity index (χ0v) is 14.3. The number of likely N-dealkylation sites (tertiary alicyclic amines) is 1. The summed E-state index contributed by atoms with van der Waals surface area (Å²) in [5.41, 5.74) is 0. The van der Waals surface area contributed by atoms with E-state index in [1.54, 1.807) is 11.9 Å². The third-order valence-electron chi connectivity index (χ3n) is 2.93. The number of hydrogen-bond acceptors (Lipinski definition) is 3. The molecule has 0 aromatic carbocycles. The van der Waals surface area contributed by atoms with Gasteiger partial charge in [-0.05, 0) is 26.7 Å². The van der Waals surface area contributed by atoms with Gasteiger partial charge in [-0.1, -0.05) is 0 Å². The van der Waals surface area contributed by atoms with Gasteiger partial charge >= 0.3 is 6.09 Å². The largest absolute Gasteiger partial charge is 0.450 e. The molecule has 1 saturated heterocycles. The molecule has 0 aromatic heterocycles. The van der Waals surface area contributed by atoms with Crippen LogP contribution in [-0.4, -0.2) is 56.3 Å². The lowest BCUT2D eigenvalue weighted by Gasteiger charge is -2.32. The van der Waals surface area contributed by atoms with Gasteiger partial charge in [-0.15, -0.1) is 24.0 Å². The number of halogens is 1. The second-order valence-electron chi connectivity index (χ2n) is 4.21. The minimum absolute atomic E-state index is 0. The summed E-state index contributed by atoms with van der Waals surface area (Å²) >= 11 is 0. The highest BCUT2D eigenvalue weighted by Crippen LogP contribution is 2.11. The molecule has 1 fully saturated rings. The van der Waals surface area contributed by atoms with Crippen LogP contribution in [0.4, 0.5) is 4.79 Å². The fourth-order valence-corrected chi connectivity index (χ4v) is 1.98. The van der Waals surface area contributed by atoms with Crippen LogP contribution in [0.5, 0.6) is 0 Å². The standard InChI is InChI=1S/C12H24N4O2.HI/c1-4-14-11(13-3)15-10-6-8-16(9-7-10)12(17)18-5-2;/h10H,4-9H2,1-3H3,(H2,13,14,15);1H. The zero-order valence-electron chi connectivity index (χ0n) is 11.9. The Bertz CT molecular complexity index is 291. The second-order valence-corrected chi connectivity index (χ2v) is 4.21. The number of aliphatic imine (C=N–C) groups is 1. The predicted molar refractivity (Wildman–Crippen MR) is 87.2 cm³/mol. The SMILES string of the molecule is CCNC(=NC)NC1CCN(C(=O)OCC)CC1.I. The normalized spacial score (nSPS) is 16.6. The summed E-state index contributed by atoms with van der Waals surface area (Å²) in [5, 5.41) is 6.53. The van der Waals surface area contributed by atoms with E-state index in [1.165, 1.54) is 0 Å². The van der Waals surface area contributed by atoms with E-state index in [9.17, 15) is 4.79 Å². The number of carbonyl (C=O) groups excluding carboxylic acids is 1. The van der Waals surface area contributed by atoms with Crippen molar-refractivity contribution >= 4 is 36.0 Å². The average molecular weight is 384 g/mol. The quantitative estimate of drug-likeness (QED) is 0.439. The van der Waals surface area contributed by atoms with Crippen LogP contribution in [0.3, 0.4) is 0 Å². The highest BCUT2D eigenvalue weighted by atomic mass is 127. The maximum Gasteiger partial charge on any atom is 0.409 e. The molecule has 1 amide bonds. The molecule has 1 heterocycles. The van der Waals surface area contributed by atoms with Crippen LogP contribution >= 0.6 is 24.0 Å². The van der Waals surface area contributed by atoms with Gasteiger partial charge in [0.2, 0.25) is 0 Å². The summed E-state index contributed by atoms with van der Waals surface area (Å²) in [4.78, 5) is 17.4. The molecule has 0 saturated carbocycles. The van der Waals surface area contributed by atoms with Gasteiger partial charge in [0.05, 0.1) is 6.61 Å². The number of guanidine groups is 1. The molecule has 0 aromatic rings. The molecule has 0 atom stereocenters. The van der Waals surface area contributed by atoms with E-state index < -0.39 is 0 Å². The molecule has 2 N–H and O–H groups in total. The Morgan fingerprint density at radius 3 is 2.47 bits per heavy atom. The van der Waals surface area contributed by atoms with Crippen LogP contribution in [0.2, 0.25) is 0 Å². The number of carbonyl (C=O) groups is 1. The molecule has 0 spiro atoms. The minimum atomic E-state index is -0.202. The average Bonchev–Trinajstić information content (AvgIpc) is 2.39. The molecule has 112 valence electrons. The Hall–Kier alpha value is -0.730. The maximum atomic E-state index is 11.5. The number of hydrogen-bond donors (Lipinski definition) is 2. The summed E-state index contributed by atoms with van der Waals surface area (Å²) in [6.45, 7) is 6.62. The molecular weight excluding hydrogens is 359 g/mol. The molecular formula is C12H25IN4O2. The van der Waals surface area contributed by atoms with Crippen molar-refractivity contribution < 1.29 is 9.53 Å². The molecule has 0 bridgehead atoms. The summed E-state index contributed by atoms with van der Waals surface area (Å²) in [5.74, 6) is 0.826. The smallest absolute Gasteiger partial charge is 0.409 e. The van der Waals surface area contributed by atoms with Crippen molar-refractivity contribution in [3.05, 3.63) is 0 Å². The summed E-state index contributed by atoms with van der Waals surface area (Å²) < 4.78 is 4.99. The van der Waals surface area contributed by atoms with Gasteiger partial charge in [-0.3, -0.25) is 4.99 Å². The molecule has 0 unspecified atom stereocenters.